The van der Waals surface area contributed by atoms with E-state index in [1.807, 2.05) is 39.0 Å². The summed E-state index contributed by atoms with van der Waals surface area (Å²) in [6, 6.07) is 8.80. The first-order valence-corrected chi connectivity index (χ1v) is 9.60. The lowest BCUT2D eigenvalue weighted by Gasteiger charge is -2.02. The van der Waals surface area contributed by atoms with E-state index in [1.54, 1.807) is 29.2 Å². The van der Waals surface area contributed by atoms with Gasteiger partial charge in [-0.1, -0.05) is 19.9 Å². The van der Waals surface area contributed by atoms with Gasteiger partial charge in [-0.2, -0.15) is 5.10 Å². The van der Waals surface area contributed by atoms with Gasteiger partial charge < -0.3 is 14.5 Å². The molecule has 8 heteroatoms. The number of nitrogens with zero attached hydrogens (tertiary/aromatic N) is 3. The molecule has 3 heterocycles. The SMILES string of the molecule is CC.CCOCCn1cc(NC(=O)c2ccc(Br)o2)c(-c2ccccn2)n1. The number of carbonyl (C=O) groups excluding carboxylic acids is 1. The average Bonchev–Trinajstić information content (AvgIpc) is 3.31. The van der Waals surface area contributed by atoms with Crippen LogP contribution in [0.25, 0.3) is 11.4 Å². The van der Waals surface area contributed by atoms with E-state index in [4.69, 9.17) is 9.15 Å². The zero-order valence-electron chi connectivity index (χ0n) is 15.6. The third kappa shape index (κ3) is 5.77. The number of pyridine rings is 1. The molecule has 0 atom stereocenters. The van der Waals surface area contributed by atoms with Crippen molar-refractivity contribution in [3.63, 3.8) is 0 Å². The molecule has 144 valence electrons. The van der Waals surface area contributed by atoms with Crippen molar-refractivity contribution in [1.29, 1.82) is 0 Å². The van der Waals surface area contributed by atoms with Crippen molar-refractivity contribution in [1.82, 2.24) is 14.8 Å². The van der Waals surface area contributed by atoms with Crippen molar-refractivity contribution in [3.8, 4) is 11.4 Å². The van der Waals surface area contributed by atoms with E-state index in [1.165, 1.54) is 0 Å². The number of hydrogen-bond acceptors (Lipinski definition) is 5. The molecule has 3 rings (SSSR count). The van der Waals surface area contributed by atoms with Crippen LogP contribution >= 0.6 is 15.9 Å². The molecule has 0 aliphatic rings. The van der Waals surface area contributed by atoms with Crippen LogP contribution in [0.3, 0.4) is 0 Å². The van der Waals surface area contributed by atoms with Gasteiger partial charge in [0.1, 0.15) is 5.69 Å². The van der Waals surface area contributed by atoms with Crippen molar-refractivity contribution in [2.75, 3.05) is 18.5 Å². The molecule has 0 aromatic carbocycles. The maximum Gasteiger partial charge on any atom is 0.291 e. The fourth-order valence-electron chi connectivity index (χ4n) is 2.24. The lowest BCUT2D eigenvalue weighted by molar-refractivity contribution is 0.0995. The van der Waals surface area contributed by atoms with Crippen LogP contribution < -0.4 is 5.32 Å². The summed E-state index contributed by atoms with van der Waals surface area (Å²) in [4.78, 5) is 16.7. The topological polar surface area (TPSA) is 82.2 Å². The summed E-state index contributed by atoms with van der Waals surface area (Å²) in [5.74, 6) is -0.145. The van der Waals surface area contributed by atoms with E-state index >= 15 is 0 Å². The Morgan fingerprint density at radius 3 is 2.74 bits per heavy atom. The second kappa shape index (κ2) is 10.6. The van der Waals surface area contributed by atoms with Gasteiger partial charge in [0.05, 0.1) is 24.5 Å². The smallest absolute Gasteiger partial charge is 0.291 e. The molecular formula is C19H23BrN4O3. The first-order valence-electron chi connectivity index (χ1n) is 8.80. The van der Waals surface area contributed by atoms with Crippen molar-refractivity contribution < 1.29 is 13.9 Å². The molecule has 27 heavy (non-hydrogen) atoms. The van der Waals surface area contributed by atoms with E-state index in [-0.39, 0.29) is 11.7 Å². The first kappa shape index (κ1) is 20.9. The van der Waals surface area contributed by atoms with E-state index in [9.17, 15) is 4.79 Å². The second-order valence-electron chi connectivity index (χ2n) is 5.12. The molecule has 0 radical (unpaired) electrons. The fourth-order valence-corrected chi connectivity index (χ4v) is 2.55. The Bertz CT molecular complexity index is 846. The quantitative estimate of drug-likeness (QED) is 0.548. The molecule has 0 unspecified atom stereocenters. The number of rotatable bonds is 7. The van der Waals surface area contributed by atoms with Gasteiger partial charge in [0, 0.05) is 19.0 Å². The first-order chi connectivity index (χ1) is 13.2. The minimum absolute atomic E-state index is 0.209. The molecule has 0 saturated heterocycles. The fraction of sp³-hybridized carbons (Fsp3) is 0.316. The summed E-state index contributed by atoms with van der Waals surface area (Å²) < 4.78 is 12.9. The lowest BCUT2D eigenvalue weighted by atomic mass is 10.2. The zero-order valence-corrected chi connectivity index (χ0v) is 17.2. The molecule has 0 aliphatic heterocycles. The number of halogens is 1. The predicted molar refractivity (Wildman–Crippen MR) is 108 cm³/mol. The Kier molecular flexibility index (Phi) is 8.22. The van der Waals surface area contributed by atoms with Gasteiger partial charge in [-0.05, 0) is 47.1 Å². The molecule has 0 aliphatic carbocycles. The Labute approximate surface area is 166 Å². The van der Waals surface area contributed by atoms with Crippen LogP contribution in [0.5, 0.6) is 0 Å². The van der Waals surface area contributed by atoms with Crippen molar-refractivity contribution in [2.24, 2.45) is 0 Å². The number of amides is 1. The maximum absolute atomic E-state index is 12.4. The second-order valence-corrected chi connectivity index (χ2v) is 5.91. The summed E-state index contributed by atoms with van der Waals surface area (Å²) >= 11 is 3.19. The van der Waals surface area contributed by atoms with Gasteiger partial charge in [0.15, 0.2) is 10.4 Å². The summed E-state index contributed by atoms with van der Waals surface area (Å²) in [6.45, 7) is 7.70. The highest BCUT2D eigenvalue weighted by atomic mass is 79.9. The number of hydrogen-bond donors (Lipinski definition) is 1. The highest BCUT2D eigenvalue weighted by Crippen LogP contribution is 2.25. The number of furan rings is 1. The number of nitrogens with one attached hydrogen (secondary N) is 1. The van der Waals surface area contributed by atoms with Gasteiger partial charge in [0.25, 0.3) is 5.91 Å². The van der Waals surface area contributed by atoms with E-state index < -0.39 is 0 Å². The molecular weight excluding hydrogens is 412 g/mol. The maximum atomic E-state index is 12.4. The summed E-state index contributed by atoms with van der Waals surface area (Å²) in [7, 11) is 0. The molecule has 0 saturated carbocycles. The molecule has 0 spiro atoms. The van der Waals surface area contributed by atoms with E-state index in [2.05, 4.69) is 31.3 Å². The van der Waals surface area contributed by atoms with Gasteiger partial charge in [-0.25, -0.2) is 0 Å². The van der Waals surface area contributed by atoms with Crippen LogP contribution in [0, 0.1) is 0 Å². The number of anilines is 1. The predicted octanol–water partition coefficient (Wildman–Crippen LogP) is 4.62. The van der Waals surface area contributed by atoms with Crippen LogP contribution in [0.2, 0.25) is 0 Å². The van der Waals surface area contributed by atoms with Gasteiger partial charge in [-0.15, -0.1) is 0 Å². The lowest BCUT2D eigenvalue weighted by Crippen LogP contribution is -2.11. The summed E-state index contributed by atoms with van der Waals surface area (Å²) in [6.07, 6.45) is 3.45. The largest absolute Gasteiger partial charge is 0.444 e. The minimum atomic E-state index is -0.354. The number of carbonyl (C=O) groups is 1. The van der Waals surface area contributed by atoms with Crippen molar-refractivity contribution in [3.05, 3.63) is 53.2 Å². The Balaban J connectivity index is 0.00000126. The molecule has 0 fully saturated rings. The van der Waals surface area contributed by atoms with Crippen molar-refractivity contribution in [2.45, 2.75) is 27.3 Å². The van der Waals surface area contributed by atoms with E-state index in [0.717, 1.165) is 0 Å². The van der Waals surface area contributed by atoms with Crippen LogP contribution in [0.4, 0.5) is 5.69 Å². The molecule has 1 amide bonds. The third-order valence-electron chi connectivity index (χ3n) is 3.38. The molecule has 0 bridgehead atoms. The standard InChI is InChI=1S/C17H17BrN4O3.C2H6/c1-2-24-10-9-22-11-13(16(21-22)12-5-3-4-8-19-12)20-17(23)14-6-7-15(18)25-14;1-2/h3-8,11H,2,9-10H2,1H3,(H,20,23);1-2H3. The molecule has 3 aromatic heterocycles. The van der Waals surface area contributed by atoms with Crippen LogP contribution in [0.15, 0.2) is 51.8 Å². The zero-order chi connectivity index (χ0) is 19.6. The van der Waals surface area contributed by atoms with Crippen LogP contribution in [-0.2, 0) is 11.3 Å². The summed E-state index contributed by atoms with van der Waals surface area (Å²) in [5.41, 5.74) is 1.83. The Morgan fingerprint density at radius 1 is 1.30 bits per heavy atom. The van der Waals surface area contributed by atoms with Crippen LogP contribution in [-0.4, -0.2) is 33.9 Å². The van der Waals surface area contributed by atoms with Gasteiger partial charge in [-0.3, -0.25) is 14.5 Å². The monoisotopic (exact) mass is 434 g/mol. The molecule has 7 nitrogen and oxygen atoms in total. The van der Waals surface area contributed by atoms with Gasteiger partial charge >= 0.3 is 0 Å². The Morgan fingerprint density at radius 2 is 2.11 bits per heavy atom. The van der Waals surface area contributed by atoms with Crippen molar-refractivity contribution >= 4 is 27.5 Å². The summed E-state index contributed by atoms with van der Waals surface area (Å²) in [5, 5.41) is 7.36. The Hall–Kier alpha value is -2.45. The third-order valence-corrected chi connectivity index (χ3v) is 3.81. The number of ether oxygens (including phenoxy) is 1. The number of aromatic nitrogens is 3. The molecule has 1 N–H and O–H groups in total. The average molecular weight is 435 g/mol. The van der Waals surface area contributed by atoms with Gasteiger partial charge in [0.2, 0.25) is 0 Å². The molecule has 3 aromatic rings. The minimum Gasteiger partial charge on any atom is -0.444 e. The van der Waals surface area contributed by atoms with E-state index in [0.29, 0.717) is 41.5 Å². The normalized spacial score (nSPS) is 10.2. The highest BCUT2D eigenvalue weighted by molar-refractivity contribution is 9.10. The van der Waals surface area contributed by atoms with Crippen LogP contribution in [0.1, 0.15) is 31.3 Å². The highest BCUT2D eigenvalue weighted by Gasteiger charge is 2.17.